The number of carbonyl (C=O) groups excluding carboxylic acids is 1. The molecule has 0 bridgehead atoms. The highest BCUT2D eigenvalue weighted by atomic mass is 35.5. The molecule has 1 heterocycles. The van der Waals surface area contributed by atoms with Crippen LogP contribution in [0.3, 0.4) is 0 Å². The number of sulfonamides is 1. The molecule has 0 radical (unpaired) electrons. The van der Waals surface area contributed by atoms with Crippen molar-refractivity contribution >= 4 is 62.6 Å². The second-order valence-corrected chi connectivity index (χ2v) is 11.9. The fourth-order valence-corrected chi connectivity index (χ4v) is 6.19. The maximum Gasteiger partial charge on any atom is 0.264 e. The molecule has 0 fully saturated rings. The minimum atomic E-state index is -4.10. The van der Waals surface area contributed by atoms with E-state index in [2.05, 4.69) is 10.5 Å². The molecule has 11 heteroatoms. The number of para-hydroxylation sites is 1. The normalized spacial score (nSPS) is 11.6. The highest BCUT2D eigenvalue weighted by Gasteiger charge is 2.28. The van der Waals surface area contributed by atoms with Crippen molar-refractivity contribution in [3.63, 3.8) is 0 Å². The molecule has 202 valence electrons. The van der Waals surface area contributed by atoms with Crippen LogP contribution in [0, 0.1) is 20.8 Å². The summed E-state index contributed by atoms with van der Waals surface area (Å²) >= 11 is 18.9. The largest absolute Gasteiger partial charge is 0.316 e. The third kappa shape index (κ3) is 6.15. The Labute approximate surface area is 242 Å². The van der Waals surface area contributed by atoms with E-state index in [1.165, 1.54) is 18.3 Å². The molecule has 39 heavy (non-hydrogen) atoms. The summed E-state index contributed by atoms with van der Waals surface area (Å²) in [6.07, 6.45) is 1.49. The summed E-state index contributed by atoms with van der Waals surface area (Å²) in [4.78, 5) is 12.9. The molecule has 1 N–H and O–H groups in total. The number of hydrazone groups is 1. The zero-order valence-corrected chi connectivity index (χ0v) is 24.4. The number of aromatic nitrogens is 1. The number of rotatable bonds is 8. The summed E-state index contributed by atoms with van der Waals surface area (Å²) in [5, 5.41) is 5.13. The molecule has 0 atom stereocenters. The predicted octanol–water partition coefficient (Wildman–Crippen LogP) is 6.71. The van der Waals surface area contributed by atoms with E-state index in [1.54, 1.807) is 42.5 Å². The molecule has 0 spiro atoms. The molecule has 4 rings (SSSR count). The summed E-state index contributed by atoms with van der Waals surface area (Å²) in [6, 6.07) is 20.1. The highest BCUT2D eigenvalue weighted by Crippen LogP contribution is 2.32. The van der Waals surface area contributed by atoms with E-state index < -0.39 is 22.5 Å². The first-order chi connectivity index (χ1) is 18.5. The molecule has 1 amide bonds. The number of halogens is 3. The Morgan fingerprint density at radius 1 is 0.949 bits per heavy atom. The smallest absolute Gasteiger partial charge is 0.264 e. The molecule has 1 aromatic heterocycles. The van der Waals surface area contributed by atoms with E-state index in [0.717, 1.165) is 32.5 Å². The van der Waals surface area contributed by atoms with E-state index in [1.807, 2.05) is 43.5 Å². The van der Waals surface area contributed by atoms with Crippen molar-refractivity contribution in [2.45, 2.75) is 25.7 Å². The lowest BCUT2D eigenvalue weighted by Gasteiger charge is -2.24. The fourth-order valence-electron chi connectivity index (χ4n) is 4.08. The number of aryl methyl sites for hydroxylation is 2. The minimum absolute atomic E-state index is 0.0384. The first-order valence-electron chi connectivity index (χ1n) is 11.8. The molecule has 7 nitrogen and oxygen atoms in total. The van der Waals surface area contributed by atoms with Gasteiger partial charge in [0.1, 0.15) is 6.54 Å². The second kappa shape index (κ2) is 11.8. The van der Waals surface area contributed by atoms with Gasteiger partial charge in [-0.15, -0.1) is 0 Å². The van der Waals surface area contributed by atoms with E-state index in [-0.39, 0.29) is 15.6 Å². The maximum absolute atomic E-state index is 13.5. The molecule has 4 aromatic rings. The zero-order valence-electron chi connectivity index (χ0n) is 21.3. The molecule has 3 aromatic carbocycles. The SMILES string of the molecule is Cc1ccc(S(=O)(=O)N(CC(=O)N/N=C\c2cc(C)n(-c3cccc(Cl)c3Cl)c2C)c2ccccc2Cl)cc1. The topological polar surface area (TPSA) is 83.8 Å². The van der Waals surface area contributed by atoms with Gasteiger partial charge >= 0.3 is 0 Å². The molecule has 0 saturated carbocycles. The lowest BCUT2D eigenvalue weighted by molar-refractivity contribution is -0.119. The lowest BCUT2D eigenvalue weighted by atomic mass is 10.2. The number of hydrogen-bond donors (Lipinski definition) is 1. The van der Waals surface area contributed by atoms with Crippen molar-refractivity contribution in [2.75, 3.05) is 10.8 Å². The third-order valence-corrected chi connectivity index (χ3v) is 8.96. The van der Waals surface area contributed by atoms with Crippen molar-refractivity contribution in [2.24, 2.45) is 5.10 Å². The summed E-state index contributed by atoms with van der Waals surface area (Å²) in [7, 11) is -4.10. The van der Waals surface area contributed by atoms with Crippen LogP contribution in [0.25, 0.3) is 5.69 Å². The van der Waals surface area contributed by atoms with E-state index >= 15 is 0 Å². The molecular formula is C28H25Cl3N4O3S. The Morgan fingerprint density at radius 3 is 2.31 bits per heavy atom. The number of benzene rings is 3. The van der Waals surface area contributed by atoms with Gasteiger partial charge in [-0.1, -0.05) is 70.7 Å². The minimum Gasteiger partial charge on any atom is -0.316 e. The Morgan fingerprint density at radius 2 is 1.62 bits per heavy atom. The first-order valence-corrected chi connectivity index (χ1v) is 14.4. The molecule has 0 unspecified atom stereocenters. The zero-order chi connectivity index (χ0) is 28.3. The van der Waals surface area contributed by atoms with Gasteiger partial charge in [0.05, 0.1) is 37.6 Å². The Bertz CT molecular complexity index is 1670. The second-order valence-electron chi connectivity index (χ2n) is 8.80. The van der Waals surface area contributed by atoms with Gasteiger partial charge in [-0.3, -0.25) is 9.10 Å². The van der Waals surface area contributed by atoms with E-state index in [9.17, 15) is 13.2 Å². The quantitative estimate of drug-likeness (QED) is 0.180. The van der Waals surface area contributed by atoms with Crippen LogP contribution in [-0.2, 0) is 14.8 Å². The van der Waals surface area contributed by atoms with Crippen molar-refractivity contribution < 1.29 is 13.2 Å². The van der Waals surface area contributed by atoms with E-state index in [0.29, 0.717) is 10.0 Å². The summed E-state index contributed by atoms with van der Waals surface area (Å²) in [6.45, 7) is 5.13. The van der Waals surface area contributed by atoms with Crippen LogP contribution in [0.1, 0.15) is 22.5 Å². The predicted molar refractivity (Wildman–Crippen MR) is 158 cm³/mol. The number of carbonyl (C=O) groups is 1. The molecule has 0 aliphatic heterocycles. The van der Waals surface area contributed by atoms with Crippen LogP contribution in [0.4, 0.5) is 5.69 Å². The van der Waals surface area contributed by atoms with Gasteiger partial charge in [-0.2, -0.15) is 5.10 Å². The monoisotopic (exact) mass is 602 g/mol. The van der Waals surface area contributed by atoms with Crippen molar-refractivity contribution in [3.8, 4) is 5.69 Å². The van der Waals surface area contributed by atoms with Gasteiger partial charge in [-0.05, 0) is 63.2 Å². The van der Waals surface area contributed by atoms with Crippen LogP contribution >= 0.6 is 34.8 Å². The van der Waals surface area contributed by atoms with Gasteiger partial charge in [0.25, 0.3) is 15.9 Å². The Hall–Kier alpha value is -3.30. The van der Waals surface area contributed by atoms with Gasteiger partial charge in [0.2, 0.25) is 0 Å². The van der Waals surface area contributed by atoms with Gasteiger partial charge in [0.15, 0.2) is 0 Å². The summed E-state index contributed by atoms with van der Waals surface area (Å²) in [5.41, 5.74) is 6.68. The van der Waals surface area contributed by atoms with Gasteiger partial charge in [-0.25, -0.2) is 13.8 Å². The van der Waals surface area contributed by atoms with Crippen molar-refractivity contribution in [1.82, 2.24) is 9.99 Å². The number of nitrogens with zero attached hydrogens (tertiary/aromatic N) is 3. The molecule has 0 aliphatic carbocycles. The number of nitrogens with one attached hydrogen (secondary N) is 1. The lowest BCUT2D eigenvalue weighted by Crippen LogP contribution is -2.39. The van der Waals surface area contributed by atoms with Crippen LogP contribution in [0.15, 0.2) is 82.8 Å². The summed E-state index contributed by atoms with van der Waals surface area (Å²) < 4.78 is 30.0. The highest BCUT2D eigenvalue weighted by molar-refractivity contribution is 7.92. The Kier molecular flexibility index (Phi) is 8.71. The first kappa shape index (κ1) is 28.7. The number of anilines is 1. The Balaban J connectivity index is 1.58. The average Bonchev–Trinajstić information content (AvgIpc) is 3.17. The van der Waals surface area contributed by atoms with Crippen molar-refractivity contribution in [1.29, 1.82) is 0 Å². The standard InChI is InChI=1S/C28H25Cl3N4O3S/c1-18-11-13-22(14-12-18)39(37,38)34(25-9-5-4-7-23(25)29)17-27(36)33-32-16-21-15-19(2)35(20(21)3)26-10-6-8-24(30)28(26)31/h4-16H,17H2,1-3H3,(H,33,36)/b32-16-. The van der Waals surface area contributed by atoms with Crippen LogP contribution in [0.2, 0.25) is 15.1 Å². The third-order valence-electron chi connectivity index (χ3n) is 6.05. The van der Waals surface area contributed by atoms with Crippen LogP contribution in [-0.4, -0.2) is 31.7 Å². The molecule has 0 saturated heterocycles. The van der Waals surface area contributed by atoms with E-state index in [4.69, 9.17) is 34.8 Å². The van der Waals surface area contributed by atoms with Crippen molar-refractivity contribution in [3.05, 3.63) is 110 Å². The molecular weight excluding hydrogens is 579 g/mol. The number of hydrogen-bond acceptors (Lipinski definition) is 4. The maximum atomic E-state index is 13.5. The van der Waals surface area contributed by atoms with Gasteiger partial charge in [0, 0.05) is 17.0 Å². The molecule has 0 aliphatic rings. The van der Waals surface area contributed by atoms with Crippen LogP contribution in [0.5, 0.6) is 0 Å². The fraction of sp³-hybridized carbons (Fsp3) is 0.143. The number of amides is 1. The van der Waals surface area contributed by atoms with Crippen LogP contribution < -0.4 is 9.73 Å². The van der Waals surface area contributed by atoms with Gasteiger partial charge < -0.3 is 4.57 Å². The average molecular weight is 604 g/mol. The summed E-state index contributed by atoms with van der Waals surface area (Å²) in [5.74, 6) is -0.645.